The van der Waals surface area contributed by atoms with Crippen LogP contribution < -0.4 is 11.3 Å². The van der Waals surface area contributed by atoms with Gasteiger partial charge in [-0.25, -0.2) is 15.2 Å². The maximum absolute atomic E-state index is 14.1. The summed E-state index contributed by atoms with van der Waals surface area (Å²) in [5.41, 5.74) is 3.90. The fourth-order valence-corrected chi connectivity index (χ4v) is 2.31. The molecular formula is C15H13FN4O. The molecule has 0 aliphatic carbocycles. The van der Waals surface area contributed by atoms with Gasteiger partial charge in [0.25, 0.3) is 5.91 Å². The summed E-state index contributed by atoms with van der Waals surface area (Å²) in [5, 5.41) is 0. The third-order valence-electron chi connectivity index (χ3n) is 3.29. The van der Waals surface area contributed by atoms with Crippen LogP contribution >= 0.6 is 0 Å². The Kier molecular flexibility index (Phi) is 3.37. The van der Waals surface area contributed by atoms with Crippen molar-refractivity contribution in [1.82, 2.24) is 15.0 Å². The number of hydrogen-bond donors (Lipinski definition) is 2. The number of carbonyl (C=O) groups is 1. The van der Waals surface area contributed by atoms with E-state index in [2.05, 4.69) is 4.98 Å². The number of amides is 1. The molecule has 3 aromatic rings. The Hall–Kier alpha value is -2.73. The van der Waals surface area contributed by atoms with E-state index < -0.39 is 11.7 Å². The summed E-state index contributed by atoms with van der Waals surface area (Å²) in [6.45, 7) is 0.474. The molecule has 0 bridgehead atoms. The van der Waals surface area contributed by atoms with E-state index in [4.69, 9.17) is 5.84 Å². The number of carbonyl (C=O) groups excluding carboxylic acids is 1. The molecule has 2 aromatic carbocycles. The molecule has 0 fully saturated rings. The van der Waals surface area contributed by atoms with Crippen LogP contribution in [0.1, 0.15) is 15.9 Å². The second kappa shape index (κ2) is 5.34. The highest BCUT2D eigenvalue weighted by molar-refractivity contribution is 6.04. The van der Waals surface area contributed by atoms with Gasteiger partial charge in [0.1, 0.15) is 16.9 Å². The molecule has 5 nitrogen and oxygen atoms in total. The number of hydrogen-bond acceptors (Lipinski definition) is 3. The van der Waals surface area contributed by atoms with Gasteiger partial charge < -0.3 is 4.57 Å². The highest BCUT2D eigenvalue weighted by atomic mass is 19.1. The van der Waals surface area contributed by atoms with Crippen LogP contribution in [0.2, 0.25) is 0 Å². The van der Waals surface area contributed by atoms with Crippen molar-refractivity contribution in [3.8, 4) is 0 Å². The predicted molar refractivity (Wildman–Crippen MR) is 76.9 cm³/mol. The lowest BCUT2D eigenvalue weighted by Gasteiger charge is -2.06. The number of aromatic nitrogens is 2. The zero-order valence-corrected chi connectivity index (χ0v) is 11.1. The van der Waals surface area contributed by atoms with Crippen molar-refractivity contribution in [3.63, 3.8) is 0 Å². The third kappa shape index (κ3) is 2.36. The molecule has 0 aliphatic heterocycles. The van der Waals surface area contributed by atoms with E-state index >= 15 is 0 Å². The van der Waals surface area contributed by atoms with Crippen molar-refractivity contribution in [2.75, 3.05) is 0 Å². The number of nitrogens with one attached hydrogen (secondary N) is 1. The molecule has 1 aromatic heterocycles. The first kappa shape index (κ1) is 13.3. The summed E-state index contributed by atoms with van der Waals surface area (Å²) in [6.07, 6.45) is 1.52. The van der Waals surface area contributed by atoms with Gasteiger partial charge in [0.15, 0.2) is 0 Å². The molecule has 106 valence electrons. The molecule has 1 heterocycles. The Labute approximate surface area is 120 Å². The van der Waals surface area contributed by atoms with E-state index in [1.807, 2.05) is 35.8 Å². The van der Waals surface area contributed by atoms with Gasteiger partial charge in [0.2, 0.25) is 0 Å². The first-order valence-electron chi connectivity index (χ1n) is 6.39. The van der Waals surface area contributed by atoms with Gasteiger partial charge in [0.05, 0.1) is 11.9 Å². The molecule has 0 radical (unpaired) electrons. The molecular weight excluding hydrogens is 271 g/mol. The van der Waals surface area contributed by atoms with Crippen molar-refractivity contribution >= 4 is 16.9 Å². The molecule has 0 saturated carbocycles. The van der Waals surface area contributed by atoms with Crippen molar-refractivity contribution in [2.24, 2.45) is 5.84 Å². The third-order valence-corrected chi connectivity index (χ3v) is 3.29. The van der Waals surface area contributed by atoms with E-state index in [-0.39, 0.29) is 5.56 Å². The smallest absolute Gasteiger partial charge is 0.267 e. The maximum atomic E-state index is 14.1. The van der Waals surface area contributed by atoms with Crippen LogP contribution in [0.25, 0.3) is 11.0 Å². The highest BCUT2D eigenvalue weighted by Gasteiger charge is 2.16. The second-order valence-corrected chi connectivity index (χ2v) is 4.62. The van der Waals surface area contributed by atoms with Crippen LogP contribution in [0.4, 0.5) is 4.39 Å². The van der Waals surface area contributed by atoms with Crippen LogP contribution in [-0.4, -0.2) is 15.5 Å². The number of halogens is 1. The Balaban J connectivity index is 2.11. The molecule has 3 N–H and O–H groups in total. The SMILES string of the molecule is NNC(=O)c1ccc(F)c2c1ncn2Cc1ccccc1. The number of hydrazine groups is 1. The summed E-state index contributed by atoms with van der Waals surface area (Å²) in [5.74, 6) is 4.22. The minimum atomic E-state index is -0.495. The van der Waals surface area contributed by atoms with Gasteiger partial charge >= 0.3 is 0 Å². The fourth-order valence-electron chi connectivity index (χ4n) is 2.31. The molecule has 21 heavy (non-hydrogen) atoms. The quantitative estimate of drug-likeness (QED) is 0.438. The minimum absolute atomic E-state index is 0.251. The number of nitrogens with two attached hydrogens (primary N) is 1. The van der Waals surface area contributed by atoms with E-state index in [0.29, 0.717) is 17.6 Å². The van der Waals surface area contributed by atoms with Crippen LogP contribution in [0.3, 0.4) is 0 Å². The predicted octanol–water partition coefficient (Wildman–Crippen LogP) is 1.83. The normalized spacial score (nSPS) is 10.8. The molecule has 3 rings (SSSR count). The van der Waals surface area contributed by atoms with Gasteiger partial charge in [-0.05, 0) is 17.7 Å². The molecule has 0 unspecified atom stereocenters. The lowest BCUT2D eigenvalue weighted by Crippen LogP contribution is -2.30. The molecule has 0 aliphatic rings. The zero-order valence-electron chi connectivity index (χ0n) is 11.1. The van der Waals surface area contributed by atoms with Gasteiger partial charge in [0, 0.05) is 6.54 Å². The Morgan fingerprint density at radius 1 is 1.24 bits per heavy atom. The largest absolute Gasteiger partial charge is 0.324 e. The van der Waals surface area contributed by atoms with Crippen molar-refractivity contribution in [3.05, 3.63) is 65.7 Å². The molecule has 0 spiro atoms. The second-order valence-electron chi connectivity index (χ2n) is 4.62. The maximum Gasteiger partial charge on any atom is 0.267 e. The molecule has 0 atom stereocenters. The average molecular weight is 284 g/mol. The Bertz CT molecular complexity index is 798. The standard InChI is InChI=1S/C15H13FN4O/c16-12-7-6-11(15(21)19-17)13-14(12)20(9-18-13)8-10-4-2-1-3-5-10/h1-7,9H,8,17H2,(H,19,21). The fraction of sp³-hybridized carbons (Fsp3) is 0.0667. The zero-order chi connectivity index (χ0) is 14.8. The van der Waals surface area contributed by atoms with Gasteiger partial charge in [-0.3, -0.25) is 10.2 Å². The number of nitrogens with zero attached hydrogens (tertiary/aromatic N) is 2. The topological polar surface area (TPSA) is 72.9 Å². The van der Waals surface area contributed by atoms with Crippen molar-refractivity contribution in [1.29, 1.82) is 0 Å². The van der Waals surface area contributed by atoms with Gasteiger partial charge in [-0.2, -0.15) is 0 Å². The van der Waals surface area contributed by atoms with E-state index in [9.17, 15) is 9.18 Å². The first-order valence-corrected chi connectivity index (χ1v) is 6.39. The number of fused-ring (bicyclic) bond motifs is 1. The number of nitrogen functional groups attached to an aromatic ring is 1. The summed E-state index contributed by atoms with van der Waals surface area (Å²) in [4.78, 5) is 15.8. The number of benzene rings is 2. The van der Waals surface area contributed by atoms with E-state index in [1.54, 1.807) is 4.57 Å². The van der Waals surface area contributed by atoms with Crippen molar-refractivity contribution < 1.29 is 9.18 Å². The lowest BCUT2D eigenvalue weighted by atomic mass is 10.1. The van der Waals surface area contributed by atoms with Gasteiger partial charge in [-0.15, -0.1) is 0 Å². The van der Waals surface area contributed by atoms with E-state index in [1.165, 1.54) is 18.5 Å². The lowest BCUT2D eigenvalue weighted by molar-refractivity contribution is 0.0955. The summed E-state index contributed by atoms with van der Waals surface area (Å²) in [6, 6.07) is 12.3. The van der Waals surface area contributed by atoms with Crippen LogP contribution in [0.5, 0.6) is 0 Å². The van der Waals surface area contributed by atoms with Crippen molar-refractivity contribution in [2.45, 2.75) is 6.54 Å². The monoisotopic (exact) mass is 284 g/mol. The van der Waals surface area contributed by atoms with Crippen LogP contribution in [0, 0.1) is 5.82 Å². The Morgan fingerprint density at radius 3 is 2.71 bits per heavy atom. The van der Waals surface area contributed by atoms with Gasteiger partial charge in [-0.1, -0.05) is 30.3 Å². The highest BCUT2D eigenvalue weighted by Crippen LogP contribution is 2.22. The Morgan fingerprint density at radius 2 is 2.00 bits per heavy atom. The molecule has 6 heteroatoms. The summed E-state index contributed by atoms with van der Waals surface area (Å²) >= 11 is 0. The minimum Gasteiger partial charge on any atom is -0.324 e. The summed E-state index contributed by atoms with van der Waals surface area (Å²) in [7, 11) is 0. The van der Waals surface area contributed by atoms with Crippen LogP contribution in [0.15, 0.2) is 48.8 Å². The van der Waals surface area contributed by atoms with Crippen LogP contribution in [-0.2, 0) is 6.54 Å². The number of imidazole rings is 1. The average Bonchev–Trinajstić information content (AvgIpc) is 2.93. The summed E-state index contributed by atoms with van der Waals surface area (Å²) < 4.78 is 15.8. The van der Waals surface area contributed by atoms with E-state index in [0.717, 1.165) is 5.56 Å². The molecule has 0 saturated heterocycles. The first-order chi connectivity index (χ1) is 10.2. The molecule has 1 amide bonds. The number of rotatable bonds is 3.